The van der Waals surface area contributed by atoms with Gasteiger partial charge in [0, 0.05) is 16.8 Å². The number of ether oxygens (including phenoxy) is 1. The summed E-state index contributed by atoms with van der Waals surface area (Å²) in [4.78, 5) is 23.2. The Morgan fingerprint density at radius 1 is 1.00 bits per heavy atom. The fourth-order valence-corrected chi connectivity index (χ4v) is 1.68. The molecular formula is C17H13NO3. The van der Waals surface area contributed by atoms with Crippen molar-refractivity contribution in [3.63, 3.8) is 0 Å². The number of carbonyl (C=O) groups is 2. The number of ketones is 1. The molecule has 0 aromatic heterocycles. The molecule has 2 N–H and O–H groups in total. The molecule has 0 amide bonds. The summed E-state index contributed by atoms with van der Waals surface area (Å²) in [5, 5.41) is 0. The maximum atomic E-state index is 11.9. The normalized spacial score (nSPS) is 9.38. The van der Waals surface area contributed by atoms with Gasteiger partial charge in [0.15, 0.2) is 0 Å². The summed E-state index contributed by atoms with van der Waals surface area (Å²) in [5.74, 6) is 4.49. The number of nitrogens with two attached hydrogens (primary N) is 1. The molecule has 0 aliphatic heterocycles. The minimum absolute atomic E-state index is 0.338. The van der Waals surface area contributed by atoms with E-state index < -0.39 is 5.97 Å². The van der Waals surface area contributed by atoms with Crippen LogP contribution in [0.3, 0.4) is 0 Å². The number of para-hydroxylation sites is 1. The summed E-state index contributed by atoms with van der Waals surface area (Å²) in [5.41, 5.74) is 7.67. The second kappa shape index (κ2) is 6.40. The summed E-state index contributed by atoms with van der Waals surface area (Å²) in [6, 6.07) is 13.2. The molecule has 104 valence electrons. The van der Waals surface area contributed by atoms with Crippen LogP contribution in [0, 0.1) is 11.8 Å². The van der Waals surface area contributed by atoms with Gasteiger partial charge in [-0.15, -0.1) is 0 Å². The summed E-state index contributed by atoms with van der Waals surface area (Å²) in [7, 11) is 1.30. The second-order valence-corrected chi connectivity index (χ2v) is 4.24. The molecule has 2 rings (SSSR count). The minimum atomic E-state index is -0.447. The lowest BCUT2D eigenvalue weighted by atomic mass is 10.1. The smallest absolute Gasteiger partial charge is 0.337 e. The van der Waals surface area contributed by atoms with Crippen molar-refractivity contribution in [1.82, 2.24) is 0 Å². The molecule has 4 heteroatoms. The molecule has 2 aromatic carbocycles. The topological polar surface area (TPSA) is 69.4 Å². The zero-order chi connectivity index (χ0) is 15.2. The van der Waals surface area contributed by atoms with Crippen molar-refractivity contribution in [1.29, 1.82) is 0 Å². The molecule has 0 aliphatic carbocycles. The maximum absolute atomic E-state index is 11.9. The van der Waals surface area contributed by atoms with E-state index in [1.165, 1.54) is 31.4 Å². The third-order valence-electron chi connectivity index (χ3n) is 2.84. The molecule has 0 radical (unpaired) electrons. The Morgan fingerprint density at radius 2 is 1.62 bits per heavy atom. The lowest BCUT2D eigenvalue weighted by molar-refractivity contribution is 0.0600. The largest absolute Gasteiger partial charge is 0.465 e. The fraction of sp³-hybridized carbons (Fsp3) is 0.0588. The van der Waals surface area contributed by atoms with Gasteiger partial charge in [-0.2, -0.15) is 0 Å². The molecule has 2 aromatic rings. The number of hydrogen-bond donors (Lipinski definition) is 1. The van der Waals surface area contributed by atoms with Gasteiger partial charge < -0.3 is 10.5 Å². The van der Waals surface area contributed by atoms with Gasteiger partial charge in [-0.3, -0.25) is 4.79 Å². The van der Waals surface area contributed by atoms with E-state index >= 15 is 0 Å². The summed E-state index contributed by atoms with van der Waals surface area (Å²) < 4.78 is 4.59. The van der Waals surface area contributed by atoms with Crippen molar-refractivity contribution in [3.8, 4) is 11.8 Å². The van der Waals surface area contributed by atoms with Gasteiger partial charge in [-0.1, -0.05) is 18.1 Å². The highest BCUT2D eigenvalue weighted by Crippen LogP contribution is 2.09. The van der Waals surface area contributed by atoms with Gasteiger partial charge >= 0.3 is 5.97 Å². The van der Waals surface area contributed by atoms with Crippen molar-refractivity contribution >= 4 is 17.4 Å². The first-order chi connectivity index (χ1) is 10.1. The van der Waals surface area contributed by atoms with E-state index in [1.54, 1.807) is 24.3 Å². The highest BCUT2D eigenvalue weighted by molar-refractivity contribution is 6.09. The van der Waals surface area contributed by atoms with Gasteiger partial charge in [0.2, 0.25) is 5.78 Å². The lowest BCUT2D eigenvalue weighted by Crippen LogP contribution is -2.02. The molecule has 0 unspecified atom stereocenters. The Balaban J connectivity index is 2.18. The van der Waals surface area contributed by atoms with Crippen LogP contribution in [0.2, 0.25) is 0 Å². The number of nitrogen functional groups attached to an aromatic ring is 1. The average molecular weight is 279 g/mol. The SMILES string of the molecule is COC(=O)c1ccc(C(=O)C#Cc2ccccc2N)cc1. The quantitative estimate of drug-likeness (QED) is 0.396. The van der Waals surface area contributed by atoms with Crippen molar-refractivity contribution in [2.45, 2.75) is 0 Å². The third kappa shape index (κ3) is 3.48. The molecule has 0 fully saturated rings. The third-order valence-corrected chi connectivity index (χ3v) is 2.84. The van der Waals surface area contributed by atoms with Crippen LogP contribution >= 0.6 is 0 Å². The number of benzene rings is 2. The van der Waals surface area contributed by atoms with E-state index in [4.69, 9.17) is 5.73 Å². The van der Waals surface area contributed by atoms with E-state index in [9.17, 15) is 9.59 Å². The number of Topliss-reactive ketones (excluding diaryl/α,β-unsaturated/α-hetero) is 1. The van der Waals surface area contributed by atoms with E-state index in [0.717, 1.165) is 0 Å². The molecule has 0 spiro atoms. The molecule has 4 nitrogen and oxygen atoms in total. The molecule has 0 saturated heterocycles. The average Bonchev–Trinajstić information content (AvgIpc) is 2.53. The first-order valence-corrected chi connectivity index (χ1v) is 6.21. The summed E-state index contributed by atoms with van der Waals surface area (Å²) >= 11 is 0. The first-order valence-electron chi connectivity index (χ1n) is 6.21. The Labute approximate surface area is 122 Å². The highest BCUT2D eigenvalue weighted by Gasteiger charge is 2.07. The Morgan fingerprint density at radius 3 is 2.24 bits per heavy atom. The standard InChI is InChI=1S/C17H13NO3/c1-21-17(20)14-8-6-13(7-9-14)16(19)11-10-12-4-2-3-5-15(12)18/h2-9H,18H2,1H3. The van der Waals surface area contributed by atoms with Crippen LogP contribution in [0.25, 0.3) is 0 Å². The monoisotopic (exact) mass is 279 g/mol. The maximum Gasteiger partial charge on any atom is 0.337 e. The van der Waals surface area contributed by atoms with Crippen molar-refractivity contribution in [2.24, 2.45) is 0 Å². The Hall–Kier alpha value is -3.06. The summed E-state index contributed by atoms with van der Waals surface area (Å²) in [6.07, 6.45) is 0. The summed E-state index contributed by atoms with van der Waals surface area (Å²) in [6.45, 7) is 0. The van der Waals surface area contributed by atoms with Crippen LogP contribution in [-0.2, 0) is 4.74 Å². The van der Waals surface area contributed by atoms with Crippen LogP contribution in [0.4, 0.5) is 5.69 Å². The lowest BCUT2D eigenvalue weighted by Gasteiger charge is -1.99. The van der Waals surface area contributed by atoms with E-state index in [1.807, 2.05) is 0 Å². The zero-order valence-electron chi connectivity index (χ0n) is 11.4. The van der Waals surface area contributed by atoms with Crippen molar-refractivity contribution in [2.75, 3.05) is 12.8 Å². The number of methoxy groups -OCH3 is 1. The number of rotatable bonds is 2. The Kier molecular flexibility index (Phi) is 4.37. The molecule has 0 heterocycles. The zero-order valence-corrected chi connectivity index (χ0v) is 11.4. The van der Waals surface area contributed by atoms with Crippen molar-refractivity contribution in [3.05, 3.63) is 65.2 Å². The van der Waals surface area contributed by atoms with E-state index in [0.29, 0.717) is 22.4 Å². The van der Waals surface area contributed by atoms with Crippen LogP contribution in [-0.4, -0.2) is 18.9 Å². The fourth-order valence-electron chi connectivity index (χ4n) is 1.68. The number of hydrogen-bond acceptors (Lipinski definition) is 4. The minimum Gasteiger partial charge on any atom is -0.465 e. The van der Waals surface area contributed by atoms with Crippen LogP contribution in [0.15, 0.2) is 48.5 Å². The number of carbonyl (C=O) groups excluding carboxylic acids is 2. The molecular weight excluding hydrogens is 266 g/mol. The molecule has 0 atom stereocenters. The van der Waals surface area contributed by atoms with E-state index in [2.05, 4.69) is 16.6 Å². The van der Waals surface area contributed by atoms with Gasteiger partial charge in [0.25, 0.3) is 0 Å². The first kappa shape index (κ1) is 14.4. The molecule has 21 heavy (non-hydrogen) atoms. The molecule has 0 aliphatic rings. The molecule has 0 saturated carbocycles. The van der Waals surface area contributed by atoms with Gasteiger partial charge in [0.1, 0.15) is 0 Å². The number of anilines is 1. The number of esters is 1. The second-order valence-electron chi connectivity index (χ2n) is 4.24. The molecule has 0 bridgehead atoms. The van der Waals surface area contributed by atoms with Crippen molar-refractivity contribution < 1.29 is 14.3 Å². The van der Waals surface area contributed by atoms with Crippen LogP contribution < -0.4 is 5.73 Å². The van der Waals surface area contributed by atoms with Gasteiger partial charge in [0.05, 0.1) is 12.7 Å². The van der Waals surface area contributed by atoms with Gasteiger partial charge in [-0.25, -0.2) is 4.79 Å². The van der Waals surface area contributed by atoms with Gasteiger partial charge in [-0.05, 0) is 42.3 Å². The van der Waals surface area contributed by atoms with Crippen LogP contribution in [0.1, 0.15) is 26.3 Å². The Bertz CT molecular complexity index is 737. The van der Waals surface area contributed by atoms with Crippen LogP contribution in [0.5, 0.6) is 0 Å². The van der Waals surface area contributed by atoms with E-state index in [-0.39, 0.29) is 5.78 Å². The predicted molar refractivity (Wildman–Crippen MR) is 79.8 cm³/mol. The predicted octanol–water partition coefficient (Wildman–Crippen LogP) is 2.29. The highest BCUT2D eigenvalue weighted by atomic mass is 16.5.